The fourth-order valence-electron chi connectivity index (χ4n) is 2.95. The van der Waals surface area contributed by atoms with Gasteiger partial charge in [-0.15, -0.1) is 0 Å². The zero-order valence-electron chi connectivity index (χ0n) is 9.95. The summed E-state index contributed by atoms with van der Waals surface area (Å²) in [6.07, 6.45) is 3.96. The van der Waals surface area contributed by atoms with Crippen molar-refractivity contribution in [1.82, 2.24) is 4.90 Å². The van der Waals surface area contributed by atoms with Crippen LogP contribution in [0.5, 0.6) is 0 Å². The van der Waals surface area contributed by atoms with E-state index >= 15 is 0 Å². The molecule has 0 aromatic heterocycles. The number of fused-ring (bicyclic) bond motifs is 1. The van der Waals surface area contributed by atoms with Crippen molar-refractivity contribution in [2.45, 2.75) is 50.7 Å². The van der Waals surface area contributed by atoms with Gasteiger partial charge in [-0.2, -0.15) is 0 Å². The average molecular weight is 227 g/mol. The second-order valence-corrected chi connectivity index (χ2v) is 4.99. The van der Waals surface area contributed by atoms with Crippen molar-refractivity contribution in [3.63, 3.8) is 0 Å². The molecule has 2 unspecified atom stereocenters. The molecule has 0 aliphatic carbocycles. The van der Waals surface area contributed by atoms with Gasteiger partial charge in [0.05, 0.1) is 18.6 Å². The number of carbonyl (C=O) groups is 1. The van der Waals surface area contributed by atoms with Gasteiger partial charge in [0.1, 0.15) is 0 Å². The minimum atomic E-state index is -0.822. The molecule has 4 heteroatoms. The minimum absolute atomic E-state index is 0.158. The molecule has 2 fully saturated rings. The van der Waals surface area contributed by atoms with E-state index in [-0.39, 0.29) is 12.4 Å². The fourth-order valence-corrected chi connectivity index (χ4v) is 2.95. The summed E-state index contributed by atoms with van der Waals surface area (Å²) >= 11 is 0. The Bertz CT molecular complexity index is 269. The van der Waals surface area contributed by atoms with Gasteiger partial charge in [0, 0.05) is 12.6 Å². The van der Waals surface area contributed by atoms with Gasteiger partial charge >= 0.3 is 5.97 Å². The van der Waals surface area contributed by atoms with Crippen molar-refractivity contribution in [3.8, 4) is 0 Å². The average Bonchev–Trinajstić information content (AvgIpc) is 2.63. The molecule has 0 amide bonds. The number of ether oxygens (including phenoxy) is 1. The molecule has 2 saturated heterocycles. The van der Waals surface area contributed by atoms with Gasteiger partial charge in [0.2, 0.25) is 0 Å². The van der Waals surface area contributed by atoms with E-state index < -0.39 is 5.60 Å². The van der Waals surface area contributed by atoms with E-state index in [1.165, 1.54) is 6.42 Å². The molecule has 0 aromatic carbocycles. The summed E-state index contributed by atoms with van der Waals surface area (Å²) in [5, 5.41) is 10.4. The summed E-state index contributed by atoms with van der Waals surface area (Å²) in [5.74, 6) is -0.267. The summed E-state index contributed by atoms with van der Waals surface area (Å²) in [4.78, 5) is 13.8. The second kappa shape index (κ2) is 4.72. The summed E-state index contributed by atoms with van der Waals surface area (Å²) in [6.45, 7) is 4.26. The highest BCUT2D eigenvalue weighted by molar-refractivity contribution is 5.70. The molecule has 2 heterocycles. The molecule has 2 aliphatic rings. The molecular formula is C12H21NO3. The van der Waals surface area contributed by atoms with Crippen LogP contribution < -0.4 is 0 Å². The molecule has 16 heavy (non-hydrogen) atoms. The first-order valence-electron chi connectivity index (χ1n) is 6.25. The SMILES string of the molecule is CCOC(=O)CC1(O)CCN2CCCC2C1. The Balaban J connectivity index is 1.90. The van der Waals surface area contributed by atoms with Crippen molar-refractivity contribution in [3.05, 3.63) is 0 Å². The Morgan fingerprint density at radius 3 is 3.12 bits per heavy atom. The summed E-state index contributed by atoms with van der Waals surface area (Å²) in [5.41, 5.74) is -0.822. The lowest BCUT2D eigenvalue weighted by Gasteiger charge is -2.40. The van der Waals surface area contributed by atoms with E-state index in [0.717, 1.165) is 25.9 Å². The quantitative estimate of drug-likeness (QED) is 0.729. The van der Waals surface area contributed by atoms with Gasteiger partial charge in [-0.25, -0.2) is 0 Å². The van der Waals surface area contributed by atoms with Gasteiger partial charge < -0.3 is 14.7 Å². The van der Waals surface area contributed by atoms with Gasteiger partial charge in [0.25, 0.3) is 0 Å². The van der Waals surface area contributed by atoms with Crippen LogP contribution in [-0.4, -0.2) is 47.3 Å². The fraction of sp³-hybridized carbons (Fsp3) is 0.917. The first-order valence-corrected chi connectivity index (χ1v) is 6.25. The summed E-state index contributed by atoms with van der Waals surface area (Å²) < 4.78 is 4.91. The van der Waals surface area contributed by atoms with Crippen LogP contribution in [0.1, 0.15) is 39.0 Å². The number of carbonyl (C=O) groups excluding carboxylic acids is 1. The Labute approximate surface area is 96.6 Å². The lowest BCUT2D eigenvalue weighted by molar-refractivity contribution is -0.151. The molecule has 2 rings (SSSR count). The molecule has 1 N–H and O–H groups in total. The van der Waals surface area contributed by atoms with Crippen LogP contribution in [0.15, 0.2) is 0 Å². The maximum absolute atomic E-state index is 11.4. The highest BCUT2D eigenvalue weighted by atomic mass is 16.5. The molecule has 0 aromatic rings. The van der Waals surface area contributed by atoms with Crippen LogP contribution in [0.25, 0.3) is 0 Å². The first kappa shape index (κ1) is 11.9. The topological polar surface area (TPSA) is 49.8 Å². The zero-order valence-corrected chi connectivity index (χ0v) is 9.95. The molecule has 0 bridgehead atoms. The van der Waals surface area contributed by atoms with Gasteiger partial charge in [-0.1, -0.05) is 0 Å². The van der Waals surface area contributed by atoms with Crippen molar-refractivity contribution in [2.24, 2.45) is 0 Å². The number of rotatable bonds is 3. The van der Waals surface area contributed by atoms with E-state index in [0.29, 0.717) is 19.1 Å². The number of hydrogen-bond acceptors (Lipinski definition) is 4. The van der Waals surface area contributed by atoms with Crippen LogP contribution in [0.4, 0.5) is 0 Å². The van der Waals surface area contributed by atoms with Crippen LogP contribution in [0.2, 0.25) is 0 Å². The normalized spacial score (nSPS) is 34.8. The first-order chi connectivity index (χ1) is 7.63. The predicted molar refractivity (Wildman–Crippen MR) is 60.0 cm³/mol. The third-order valence-electron chi connectivity index (χ3n) is 3.76. The lowest BCUT2D eigenvalue weighted by atomic mass is 9.84. The number of aliphatic hydroxyl groups is 1. The van der Waals surface area contributed by atoms with Gasteiger partial charge in [-0.05, 0) is 39.2 Å². The minimum Gasteiger partial charge on any atom is -0.466 e. The molecule has 2 aliphatic heterocycles. The third kappa shape index (κ3) is 2.55. The Hall–Kier alpha value is -0.610. The molecule has 4 nitrogen and oxygen atoms in total. The van der Waals surface area contributed by atoms with E-state index in [2.05, 4.69) is 4.90 Å². The van der Waals surface area contributed by atoms with Crippen LogP contribution in [0.3, 0.4) is 0 Å². The highest BCUT2D eigenvalue weighted by Gasteiger charge is 2.41. The third-order valence-corrected chi connectivity index (χ3v) is 3.76. The molecular weight excluding hydrogens is 206 g/mol. The van der Waals surface area contributed by atoms with Crippen molar-refractivity contribution < 1.29 is 14.6 Å². The van der Waals surface area contributed by atoms with Crippen molar-refractivity contribution >= 4 is 5.97 Å². The van der Waals surface area contributed by atoms with E-state index in [9.17, 15) is 9.90 Å². The molecule has 0 spiro atoms. The Kier molecular flexibility index (Phi) is 3.50. The maximum Gasteiger partial charge on any atom is 0.308 e. The summed E-state index contributed by atoms with van der Waals surface area (Å²) in [6, 6.07) is 0.480. The number of nitrogens with zero attached hydrogens (tertiary/aromatic N) is 1. The molecule has 2 atom stereocenters. The summed E-state index contributed by atoms with van der Waals surface area (Å²) in [7, 11) is 0. The largest absolute Gasteiger partial charge is 0.466 e. The van der Waals surface area contributed by atoms with E-state index in [1.54, 1.807) is 6.92 Å². The lowest BCUT2D eigenvalue weighted by Crippen LogP contribution is -2.48. The van der Waals surface area contributed by atoms with Gasteiger partial charge in [0.15, 0.2) is 0 Å². The van der Waals surface area contributed by atoms with Gasteiger partial charge in [-0.3, -0.25) is 4.79 Å². The predicted octanol–water partition coefficient (Wildman–Crippen LogP) is 0.929. The standard InChI is InChI=1S/C12H21NO3/c1-2-16-11(14)9-12(15)5-7-13-6-3-4-10(13)8-12/h10,15H,2-9H2,1H3. The van der Waals surface area contributed by atoms with E-state index in [4.69, 9.17) is 4.74 Å². The number of esters is 1. The van der Waals surface area contributed by atoms with Crippen molar-refractivity contribution in [1.29, 1.82) is 0 Å². The smallest absolute Gasteiger partial charge is 0.308 e. The monoisotopic (exact) mass is 227 g/mol. The molecule has 0 saturated carbocycles. The number of hydrogen-bond donors (Lipinski definition) is 1. The van der Waals surface area contributed by atoms with Crippen LogP contribution in [-0.2, 0) is 9.53 Å². The number of piperidine rings is 1. The van der Waals surface area contributed by atoms with Crippen molar-refractivity contribution in [2.75, 3.05) is 19.7 Å². The Morgan fingerprint density at radius 1 is 1.56 bits per heavy atom. The maximum atomic E-state index is 11.4. The highest BCUT2D eigenvalue weighted by Crippen LogP contribution is 2.35. The van der Waals surface area contributed by atoms with Crippen LogP contribution >= 0.6 is 0 Å². The zero-order chi connectivity index (χ0) is 11.6. The molecule has 92 valence electrons. The Morgan fingerprint density at radius 2 is 2.38 bits per heavy atom. The molecule has 0 radical (unpaired) electrons. The van der Waals surface area contributed by atoms with Crippen LogP contribution in [0, 0.1) is 0 Å². The van der Waals surface area contributed by atoms with E-state index in [1.807, 2.05) is 0 Å². The second-order valence-electron chi connectivity index (χ2n) is 4.99.